The Morgan fingerprint density at radius 3 is 2.73 bits per heavy atom. The van der Waals surface area contributed by atoms with Gasteiger partial charge in [-0.05, 0) is 38.2 Å². The van der Waals surface area contributed by atoms with Crippen molar-refractivity contribution < 1.29 is 24.5 Å². The van der Waals surface area contributed by atoms with E-state index in [0.29, 0.717) is 24.2 Å². The summed E-state index contributed by atoms with van der Waals surface area (Å²) in [7, 11) is 0. The zero-order valence-electron chi connectivity index (χ0n) is 13.8. The van der Waals surface area contributed by atoms with Gasteiger partial charge in [0.1, 0.15) is 0 Å². The molecule has 0 amide bonds. The van der Waals surface area contributed by atoms with Gasteiger partial charge in [0.25, 0.3) is 0 Å². The molecule has 0 aromatic carbocycles. The van der Waals surface area contributed by atoms with Gasteiger partial charge in [0.15, 0.2) is 0 Å². The molecular formula is C17H26O5. The Bertz CT molecular complexity index is 509. The largest absolute Gasteiger partial charge is 0.428 e. The molecule has 0 spiro atoms. The SMILES string of the molecule is C=C1[C@@H](O)CC[C@H](C)[C@@]1(C)[C@@H](O)C1=C(C)[C@@H](OCC)OC1=O. The number of hydrogen-bond acceptors (Lipinski definition) is 5. The van der Waals surface area contributed by atoms with Crippen LogP contribution in [-0.2, 0) is 14.3 Å². The predicted octanol–water partition coefficient (Wildman–Crippen LogP) is 1.94. The summed E-state index contributed by atoms with van der Waals surface area (Å²) < 4.78 is 10.6. The third-order valence-corrected chi connectivity index (χ3v) is 5.36. The molecule has 5 atom stereocenters. The Labute approximate surface area is 131 Å². The topological polar surface area (TPSA) is 76.0 Å². The molecule has 0 aromatic rings. The third kappa shape index (κ3) is 2.51. The summed E-state index contributed by atoms with van der Waals surface area (Å²) >= 11 is 0. The molecule has 1 fully saturated rings. The average molecular weight is 310 g/mol. The number of esters is 1. The van der Waals surface area contributed by atoms with Crippen LogP contribution in [0.15, 0.2) is 23.3 Å². The van der Waals surface area contributed by atoms with Crippen LogP contribution in [0.1, 0.15) is 40.5 Å². The number of aliphatic hydroxyl groups excluding tert-OH is 2. The van der Waals surface area contributed by atoms with Crippen molar-refractivity contribution in [1.29, 1.82) is 0 Å². The monoisotopic (exact) mass is 310 g/mol. The molecule has 1 aliphatic heterocycles. The number of ether oxygens (including phenoxy) is 2. The first-order valence-electron chi connectivity index (χ1n) is 7.83. The first-order chi connectivity index (χ1) is 10.2. The van der Waals surface area contributed by atoms with Crippen molar-refractivity contribution in [2.75, 3.05) is 6.61 Å². The molecule has 1 heterocycles. The molecule has 5 nitrogen and oxygen atoms in total. The van der Waals surface area contributed by atoms with E-state index in [1.807, 2.05) is 20.8 Å². The normalized spacial score (nSPS) is 37.5. The van der Waals surface area contributed by atoms with Gasteiger partial charge in [-0.25, -0.2) is 4.79 Å². The second-order valence-corrected chi connectivity index (χ2v) is 6.49. The molecule has 2 N–H and O–H groups in total. The summed E-state index contributed by atoms with van der Waals surface area (Å²) in [5.41, 5.74) is 0.643. The van der Waals surface area contributed by atoms with Crippen molar-refractivity contribution in [2.24, 2.45) is 11.3 Å². The Kier molecular flexibility index (Phi) is 4.80. The van der Waals surface area contributed by atoms with Gasteiger partial charge in [-0.3, -0.25) is 0 Å². The molecule has 22 heavy (non-hydrogen) atoms. The van der Waals surface area contributed by atoms with Gasteiger partial charge < -0.3 is 19.7 Å². The van der Waals surface area contributed by atoms with Crippen molar-refractivity contribution in [2.45, 2.75) is 59.0 Å². The summed E-state index contributed by atoms with van der Waals surface area (Å²) in [6.07, 6.45) is -1.06. The van der Waals surface area contributed by atoms with E-state index in [4.69, 9.17) is 9.47 Å². The molecule has 0 saturated heterocycles. The fraction of sp³-hybridized carbons (Fsp3) is 0.706. The van der Waals surface area contributed by atoms with Crippen molar-refractivity contribution in [3.63, 3.8) is 0 Å². The quantitative estimate of drug-likeness (QED) is 0.613. The van der Waals surface area contributed by atoms with E-state index >= 15 is 0 Å². The van der Waals surface area contributed by atoms with Crippen LogP contribution in [-0.4, -0.2) is 41.3 Å². The van der Waals surface area contributed by atoms with E-state index in [9.17, 15) is 15.0 Å². The van der Waals surface area contributed by atoms with Gasteiger partial charge in [0.05, 0.1) is 17.8 Å². The molecule has 0 aromatic heterocycles. The molecule has 0 bridgehead atoms. The van der Waals surface area contributed by atoms with Gasteiger partial charge in [0.2, 0.25) is 6.29 Å². The smallest absolute Gasteiger partial charge is 0.339 e. The molecule has 124 valence electrons. The lowest BCUT2D eigenvalue weighted by atomic mass is 9.60. The minimum Gasteiger partial charge on any atom is -0.428 e. The highest BCUT2D eigenvalue weighted by Crippen LogP contribution is 2.49. The fourth-order valence-corrected chi connectivity index (χ4v) is 3.48. The highest BCUT2D eigenvalue weighted by atomic mass is 16.7. The zero-order valence-corrected chi connectivity index (χ0v) is 13.8. The number of aliphatic hydroxyl groups is 2. The van der Waals surface area contributed by atoms with Crippen molar-refractivity contribution >= 4 is 5.97 Å². The maximum absolute atomic E-state index is 12.2. The Balaban J connectivity index is 2.38. The lowest BCUT2D eigenvalue weighted by Gasteiger charge is -2.47. The Morgan fingerprint density at radius 1 is 1.50 bits per heavy atom. The van der Waals surface area contributed by atoms with Crippen LogP contribution in [0.5, 0.6) is 0 Å². The Hall–Kier alpha value is -1.17. The number of cyclic esters (lactones) is 1. The van der Waals surface area contributed by atoms with Crippen LogP contribution < -0.4 is 0 Å². The van der Waals surface area contributed by atoms with Gasteiger partial charge in [0, 0.05) is 17.6 Å². The lowest BCUT2D eigenvalue weighted by molar-refractivity contribution is -0.160. The standard InChI is InChI=1S/C17H26O5/c1-6-21-16-10(3)13(15(20)22-16)14(19)17(5)9(2)7-8-12(18)11(17)4/h9,12,14,16,18-19H,4,6-8H2,1-3,5H3/t9-,12-,14-,16-,17+/m0/s1. The van der Waals surface area contributed by atoms with Crippen molar-refractivity contribution in [1.82, 2.24) is 0 Å². The van der Waals surface area contributed by atoms with Gasteiger partial charge in [-0.2, -0.15) is 0 Å². The molecular weight excluding hydrogens is 284 g/mol. The van der Waals surface area contributed by atoms with Crippen LogP contribution in [0.4, 0.5) is 0 Å². The van der Waals surface area contributed by atoms with Crippen LogP contribution in [0.3, 0.4) is 0 Å². The summed E-state index contributed by atoms with van der Waals surface area (Å²) in [4.78, 5) is 12.2. The molecule has 1 saturated carbocycles. The fourth-order valence-electron chi connectivity index (χ4n) is 3.48. The second kappa shape index (κ2) is 6.14. The van der Waals surface area contributed by atoms with Gasteiger partial charge in [-0.1, -0.05) is 20.4 Å². The summed E-state index contributed by atoms with van der Waals surface area (Å²) in [5.74, 6) is -0.456. The zero-order chi connectivity index (χ0) is 16.7. The van der Waals surface area contributed by atoms with Crippen LogP contribution in [0, 0.1) is 11.3 Å². The number of carbonyl (C=O) groups excluding carboxylic acids is 1. The van der Waals surface area contributed by atoms with E-state index in [2.05, 4.69) is 6.58 Å². The second-order valence-electron chi connectivity index (χ2n) is 6.49. The minimum atomic E-state index is -1.07. The van der Waals surface area contributed by atoms with Crippen LogP contribution >= 0.6 is 0 Å². The Morgan fingerprint density at radius 2 is 2.14 bits per heavy atom. The number of rotatable bonds is 4. The van der Waals surface area contributed by atoms with E-state index in [-0.39, 0.29) is 11.5 Å². The first kappa shape index (κ1) is 17.2. The lowest BCUT2D eigenvalue weighted by Crippen LogP contribution is -2.48. The highest BCUT2D eigenvalue weighted by molar-refractivity contribution is 5.93. The number of hydrogen-bond donors (Lipinski definition) is 2. The molecule has 0 unspecified atom stereocenters. The van der Waals surface area contributed by atoms with Crippen molar-refractivity contribution in [3.8, 4) is 0 Å². The van der Waals surface area contributed by atoms with Gasteiger partial charge in [-0.15, -0.1) is 0 Å². The summed E-state index contributed by atoms with van der Waals surface area (Å²) in [6.45, 7) is 11.8. The maximum atomic E-state index is 12.2. The molecule has 2 aliphatic rings. The summed E-state index contributed by atoms with van der Waals surface area (Å²) in [6, 6.07) is 0. The van der Waals surface area contributed by atoms with E-state index in [1.165, 1.54) is 0 Å². The van der Waals surface area contributed by atoms with E-state index in [0.717, 1.165) is 6.42 Å². The maximum Gasteiger partial charge on any atom is 0.339 e. The summed E-state index contributed by atoms with van der Waals surface area (Å²) in [5, 5.41) is 21.1. The first-order valence-corrected chi connectivity index (χ1v) is 7.83. The van der Waals surface area contributed by atoms with Crippen LogP contribution in [0.2, 0.25) is 0 Å². The molecule has 2 rings (SSSR count). The van der Waals surface area contributed by atoms with E-state index < -0.39 is 29.9 Å². The van der Waals surface area contributed by atoms with Gasteiger partial charge >= 0.3 is 5.97 Å². The third-order valence-electron chi connectivity index (χ3n) is 5.36. The van der Waals surface area contributed by atoms with Crippen molar-refractivity contribution in [3.05, 3.63) is 23.3 Å². The number of carbonyl (C=O) groups is 1. The predicted molar refractivity (Wildman–Crippen MR) is 81.9 cm³/mol. The highest BCUT2D eigenvalue weighted by Gasteiger charge is 2.51. The van der Waals surface area contributed by atoms with Crippen LogP contribution in [0.25, 0.3) is 0 Å². The van der Waals surface area contributed by atoms with E-state index in [1.54, 1.807) is 6.92 Å². The molecule has 0 radical (unpaired) electrons. The molecule has 1 aliphatic carbocycles. The molecule has 5 heteroatoms. The minimum absolute atomic E-state index is 0.0950. The average Bonchev–Trinajstić information content (AvgIpc) is 2.75.